The van der Waals surface area contributed by atoms with Crippen molar-refractivity contribution in [2.45, 2.75) is 24.5 Å². The predicted molar refractivity (Wildman–Crippen MR) is 30.9 cm³/mol. The largest absolute Gasteiger partial charge is 1.00 e. The van der Waals surface area contributed by atoms with Crippen LogP contribution in [-0.2, 0) is 10.0 Å². The third-order valence-electron chi connectivity index (χ3n) is 1.60. The van der Waals surface area contributed by atoms with Gasteiger partial charge in [-0.25, -0.2) is 8.42 Å². The van der Waals surface area contributed by atoms with Crippen molar-refractivity contribution in [2.75, 3.05) is 0 Å². The summed E-state index contributed by atoms with van der Waals surface area (Å²) in [5.41, 5.74) is 0. The van der Waals surface area contributed by atoms with Crippen molar-refractivity contribution >= 4 is 10.0 Å². The van der Waals surface area contributed by atoms with Gasteiger partial charge in [0.15, 0.2) is 0 Å². The van der Waals surface area contributed by atoms with Gasteiger partial charge in [-0.15, -0.1) is 0 Å². The number of hydrogen-bond donors (Lipinski definition) is 0. The normalized spacial score (nSPS) is 22.4. The van der Waals surface area contributed by atoms with Crippen LogP contribution in [0.15, 0.2) is 0 Å². The van der Waals surface area contributed by atoms with E-state index < -0.39 is 14.8 Å². The summed E-state index contributed by atoms with van der Waals surface area (Å²) < 4.78 is 20.1. The maximum Gasteiger partial charge on any atom is 1.00 e. The Labute approximate surface area is 77.3 Å². The van der Waals surface area contributed by atoms with Crippen LogP contribution in [0.2, 0.25) is 0 Å². The fourth-order valence-electron chi connectivity index (χ4n) is 0.445. The van der Waals surface area contributed by atoms with E-state index in [0.29, 0.717) is 12.8 Å². The van der Waals surface area contributed by atoms with Gasteiger partial charge in [-0.05, 0) is 19.8 Å². The minimum absolute atomic E-state index is 0. The van der Waals surface area contributed by atoms with Crippen LogP contribution in [0.4, 0.5) is 0 Å². The molecule has 0 unspecified atom stereocenters. The zero-order valence-electron chi connectivity index (χ0n) is 5.64. The monoisotopic (exact) mass is 157 g/mol. The van der Waals surface area contributed by atoms with Crippen molar-refractivity contribution < 1.29 is 38.0 Å². The first kappa shape index (κ1) is 9.91. The molecule has 3 nitrogen and oxygen atoms in total. The van der Waals surface area contributed by atoms with E-state index in [0.717, 1.165) is 0 Å². The molecule has 9 heavy (non-hydrogen) atoms. The van der Waals surface area contributed by atoms with Gasteiger partial charge in [-0.3, -0.25) is 0 Å². The Balaban J connectivity index is 0.000000640. The fraction of sp³-hybridized carbons (Fsp3) is 1.00. The van der Waals surface area contributed by atoms with Crippen LogP contribution in [0.3, 0.4) is 0 Å². The van der Waals surface area contributed by atoms with E-state index in [2.05, 4.69) is 0 Å². The first-order valence-electron chi connectivity index (χ1n) is 2.45. The van der Waals surface area contributed by atoms with Gasteiger partial charge in [0, 0.05) is 0 Å². The van der Waals surface area contributed by atoms with E-state index in [1.165, 1.54) is 0 Å². The van der Waals surface area contributed by atoms with Crippen molar-refractivity contribution in [2.24, 2.45) is 0 Å². The molecule has 1 N–H and O–H groups in total. The first-order valence-corrected chi connectivity index (χ1v) is 3.93. The summed E-state index contributed by atoms with van der Waals surface area (Å²) in [6, 6.07) is 0. The van der Waals surface area contributed by atoms with Crippen LogP contribution in [0, 0.1) is 0 Å². The zero-order chi connectivity index (χ0) is 6.41. The maximum atomic E-state index is 10.4. The molecular weight excluding hydrogens is 149 g/mol. The van der Waals surface area contributed by atoms with E-state index in [9.17, 15) is 8.42 Å². The Bertz CT molecular complexity index is 195. The minimum Gasteiger partial charge on any atom is -0.564 e. The molecule has 1 aliphatic rings. The third-order valence-corrected chi connectivity index (χ3v) is 3.31. The quantitative estimate of drug-likeness (QED) is 0.410. The van der Waals surface area contributed by atoms with Crippen molar-refractivity contribution in [1.29, 1.82) is 0 Å². The summed E-state index contributed by atoms with van der Waals surface area (Å²) in [5, 5.41) is 6.62. The molecule has 0 saturated heterocycles. The molecule has 1 aliphatic carbocycles. The molecule has 5 heteroatoms. The number of nitrogens with one attached hydrogen (secondary N) is 1. The number of sulfonamides is 1. The van der Waals surface area contributed by atoms with Gasteiger partial charge in [-0.1, -0.05) is 0 Å². The van der Waals surface area contributed by atoms with Gasteiger partial charge in [0.25, 0.3) is 0 Å². The van der Waals surface area contributed by atoms with Crippen molar-refractivity contribution in [3.63, 3.8) is 0 Å². The summed E-state index contributed by atoms with van der Waals surface area (Å²) in [7, 11) is -3.48. The first-order chi connectivity index (χ1) is 3.46. The molecule has 0 radical (unpaired) electrons. The Kier molecular flexibility index (Phi) is 2.76. The average Bonchev–Trinajstić information content (AvgIpc) is 2.16. The van der Waals surface area contributed by atoms with Crippen LogP contribution in [0.1, 0.15) is 19.8 Å². The predicted octanol–water partition coefficient (Wildman–Crippen LogP) is -2.08. The van der Waals surface area contributed by atoms with E-state index in [4.69, 9.17) is 5.14 Å². The molecule has 0 aromatic carbocycles. The van der Waals surface area contributed by atoms with Gasteiger partial charge in [0.1, 0.15) is 0 Å². The van der Waals surface area contributed by atoms with Crippen molar-refractivity contribution in [1.82, 2.24) is 0 Å². The molecule has 1 saturated carbocycles. The van der Waals surface area contributed by atoms with Gasteiger partial charge in [-0.2, -0.15) is 0 Å². The average molecular weight is 157 g/mol. The molecule has 0 aromatic rings. The smallest absolute Gasteiger partial charge is 0.564 e. The van der Waals surface area contributed by atoms with Crippen LogP contribution >= 0.6 is 0 Å². The van der Waals surface area contributed by atoms with Gasteiger partial charge < -0.3 is 5.14 Å². The summed E-state index contributed by atoms with van der Waals surface area (Å²) in [4.78, 5) is 0. The number of rotatable bonds is 1. The maximum absolute atomic E-state index is 10.4. The molecule has 1 fully saturated rings. The van der Waals surface area contributed by atoms with Gasteiger partial charge in [0.2, 0.25) is 0 Å². The molecule has 0 aliphatic heterocycles. The SMILES string of the molecule is CC1(S([NH-])(=O)=O)CC1.[Na+]. The Morgan fingerprint density at radius 1 is 1.44 bits per heavy atom. The van der Waals surface area contributed by atoms with Crippen molar-refractivity contribution in [3.8, 4) is 0 Å². The van der Waals surface area contributed by atoms with Crippen LogP contribution in [0.5, 0.6) is 0 Å². The summed E-state index contributed by atoms with van der Waals surface area (Å²) in [5.74, 6) is 0. The van der Waals surface area contributed by atoms with E-state index in [-0.39, 0.29) is 29.6 Å². The second kappa shape index (κ2) is 2.51. The molecule has 0 bridgehead atoms. The topological polar surface area (TPSA) is 57.9 Å². The second-order valence-corrected chi connectivity index (χ2v) is 4.45. The van der Waals surface area contributed by atoms with Gasteiger partial charge in [0.05, 0.1) is 14.8 Å². The standard InChI is InChI=1S/C4H8NO2S.Na/c1-4(2-3-4)8(5,6)7;/h2-3H2,1H3,(H-,5,6,7);/q-1;+1. The Hall–Kier alpha value is 0.910. The summed E-state index contributed by atoms with van der Waals surface area (Å²) in [6.45, 7) is 1.61. The van der Waals surface area contributed by atoms with Crippen molar-refractivity contribution in [3.05, 3.63) is 5.14 Å². The molecule has 0 amide bonds. The van der Waals surface area contributed by atoms with E-state index in [1.807, 2.05) is 0 Å². The molecular formula is C4H8NNaO2S. The summed E-state index contributed by atoms with van der Waals surface area (Å²) in [6.07, 6.45) is 1.33. The van der Waals surface area contributed by atoms with Crippen LogP contribution < -0.4 is 29.6 Å². The Morgan fingerprint density at radius 3 is 1.78 bits per heavy atom. The molecule has 48 valence electrons. The summed E-state index contributed by atoms with van der Waals surface area (Å²) >= 11 is 0. The molecule has 0 aromatic heterocycles. The van der Waals surface area contributed by atoms with Crippen LogP contribution in [-0.4, -0.2) is 13.2 Å². The zero-order valence-corrected chi connectivity index (χ0v) is 8.46. The van der Waals surface area contributed by atoms with E-state index >= 15 is 0 Å². The number of hydrogen-bond acceptors (Lipinski definition) is 2. The Morgan fingerprint density at radius 2 is 1.78 bits per heavy atom. The molecule has 1 rings (SSSR count). The van der Waals surface area contributed by atoms with E-state index in [1.54, 1.807) is 6.92 Å². The molecule has 0 spiro atoms. The molecule has 0 atom stereocenters. The second-order valence-electron chi connectivity index (χ2n) is 2.45. The van der Waals surface area contributed by atoms with Crippen LogP contribution in [0.25, 0.3) is 5.14 Å². The third kappa shape index (κ3) is 1.91. The minimum atomic E-state index is -3.48. The molecule has 0 heterocycles. The fourth-order valence-corrected chi connectivity index (χ4v) is 1.08. The van der Waals surface area contributed by atoms with Gasteiger partial charge >= 0.3 is 29.6 Å².